The van der Waals surface area contributed by atoms with Gasteiger partial charge in [0, 0.05) is 23.4 Å². The van der Waals surface area contributed by atoms with Crippen LogP contribution >= 0.6 is 34.8 Å². The Hall–Kier alpha value is -2.81. The highest BCUT2D eigenvalue weighted by molar-refractivity contribution is 6.44. The molecule has 2 rings (SSSR count). The fourth-order valence-corrected chi connectivity index (χ4v) is 2.62. The smallest absolute Gasteiger partial charge is 0.287 e. The van der Waals surface area contributed by atoms with E-state index in [-0.39, 0.29) is 21.3 Å². The predicted molar refractivity (Wildman–Crippen MR) is 108 cm³/mol. The molecule has 0 radical (unpaired) electrons. The van der Waals surface area contributed by atoms with Gasteiger partial charge in [-0.25, -0.2) is 0 Å². The summed E-state index contributed by atoms with van der Waals surface area (Å²) in [6.45, 7) is 1.54. The lowest BCUT2D eigenvalue weighted by Gasteiger charge is -2.10. The summed E-state index contributed by atoms with van der Waals surface area (Å²) in [7, 11) is 0. The molecule has 2 aromatic rings. The van der Waals surface area contributed by atoms with Crippen LogP contribution in [0.3, 0.4) is 0 Å². The molecular formula is C17H13Cl3N4O4. The first-order valence-electron chi connectivity index (χ1n) is 7.62. The standard InChI is InChI=1S/C17H13Cl3N4O4/c1-9(7-15(25)21-13-4-2-3-11(18)16(13)20)22-23-17(26)10-5-6-14(24(27)28)12(19)8-10/h2-8,22H,1H3,(H,21,25)(H,23,26). The molecule has 0 saturated heterocycles. The number of nitro groups is 1. The molecule has 2 amide bonds. The second-order valence-electron chi connectivity index (χ2n) is 5.42. The van der Waals surface area contributed by atoms with Crippen LogP contribution in [0, 0.1) is 10.1 Å². The van der Waals surface area contributed by atoms with Gasteiger partial charge in [-0.15, -0.1) is 0 Å². The van der Waals surface area contributed by atoms with Gasteiger partial charge in [-0.2, -0.15) is 0 Å². The fourth-order valence-electron chi connectivity index (χ4n) is 2.03. The van der Waals surface area contributed by atoms with Crippen LogP contribution in [0.5, 0.6) is 0 Å². The van der Waals surface area contributed by atoms with Crippen molar-refractivity contribution in [3.8, 4) is 0 Å². The Morgan fingerprint density at radius 2 is 1.79 bits per heavy atom. The minimum absolute atomic E-state index is 0.103. The second kappa shape index (κ2) is 9.41. The summed E-state index contributed by atoms with van der Waals surface area (Å²) in [5.74, 6) is -1.09. The number of benzene rings is 2. The lowest BCUT2D eigenvalue weighted by Crippen LogP contribution is -2.36. The Morgan fingerprint density at radius 1 is 1.07 bits per heavy atom. The quantitative estimate of drug-likeness (QED) is 0.349. The van der Waals surface area contributed by atoms with Gasteiger partial charge in [-0.3, -0.25) is 25.1 Å². The van der Waals surface area contributed by atoms with Gasteiger partial charge in [-0.1, -0.05) is 40.9 Å². The molecule has 8 nitrogen and oxygen atoms in total. The minimum Gasteiger partial charge on any atom is -0.321 e. The van der Waals surface area contributed by atoms with Gasteiger partial charge in [0.15, 0.2) is 0 Å². The number of nitrogens with one attached hydrogen (secondary N) is 3. The van der Waals surface area contributed by atoms with Crippen LogP contribution in [0.15, 0.2) is 48.2 Å². The van der Waals surface area contributed by atoms with E-state index in [4.69, 9.17) is 34.8 Å². The Balaban J connectivity index is 1.97. The zero-order chi connectivity index (χ0) is 20.8. The molecule has 2 aromatic carbocycles. The summed E-state index contributed by atoms with van der Waals surface area (Å²) in [6.07, 6.45) is 1.19. The number of anilines is 1. The molecule has 0 aliphatic carbocycles. The van der Waals surface area contributed by atoms with Crippen LogP contribution in [-0.4, -0.2) is 16.7 Å². The van der Waals surface area contributed by atoms with Gasteiger partial charge in [0.2, 0.25) is 5.91 Å². The van der Waals surface area contributed by atoms with Gasteiger partial charge < -0.3 is 10.7 Å². The summed E-state index contributed by atoms with van der Waals surface area (Å²) in [5, 5.41) is 13.6. The average molecular weight is 444 g/mol. The minimum atomic E-state index is -0.653. The Bertz CT molecular complexity index is 979. The number of carbonyl (C=O) groups excluding carboxylic acids is 2. The number of hydrogen-bond donors (Lipinski definition) is 3. The van der Waals surface area contributed by atoms with Crippen molar-refractivity contribution in [3.05, 3.63) is 78.9 Å². The number of halogens is 3. The summed E-state index contributed by atoms with van der Waals surface area (Å²) in [6, 6.07) is 8.36. The van der Waals surface area contributed by atoms with Crippen molar-refractivity contribution in [1.82, 2.24) is 10.9 Å². The third kappa shape index (κ3) is 5.59. The molecule has 0 bridgehead atoms. The number of hydrazine groups is 1. The zero-order valence-corrected chi connectivity index (χ0v) is 16.5. The highest BCUT2D eigenvalue weighted by Crippen LogP contribution is 2.29. The van der Waals surface area contributed by atoms with Crippen LogP contribution in [0.25, 0.3) is 0 Å². The van der Waals surface area contributed by atoms with Crippen molar-refractivity contribution >= 4 is 58.0 Å². The third-order valence-corrected chi connectivity index (χ3v) is 4.46. The molecule has 0 atom stereocenters. The van der Waals surface area contributed by atoms with Crippen molar-refractivity contribution in [2.24, 2.45) is 0 Å². The first-order chi connectivity index (χ1) is 13.2. The number of allylic oxidation sites excluding steroid dienone is 1. The van der Waals surface area contributed by atoms with E-state index >= 15 is 0 Å². The maximum absolute atomic E-state index is 12.1. The van der Waals surface area contributed by atoms with Crippen molar-refractivity contribution < 1.29 is 14.5 Å². The first kappa shape index (κ1) is 21.5. The molecule has 0 saturated carbocycles. The van der Waals surface area contributed by atoms with E-state index in [0.29, 0.717) is 16.4 Å². The fraction of sp³-hybridized carbons (Fsp3) is 0.0588. The number of carbonyl (C=O) groups is 2. The molecule has 0 unspecified atom stereocenters. The molecule has 0 aromatic heterocycles. The Labute approximate surface area is 174 Å². The Morgan fingerprint density at radius 3 is 2.43 bits per heavy atom. The van der Waals surface area contributed by atoms with E-state index < -0.39 is 16.7 Å². The molecule has 11 heteroatoms. The van der Waals surface area contributed by atoms with E-state index in [1.165, 1.54) is 18.2 Å². The highest BCUT2D eigenvalue weighted by Gasteiger charge is 2.15. The summed E-state index contributed by atoms with van der Waals surface area (Å²) >= 11 is 17.6. The summed E-state index contributed by atoms with van der Waals surface area (Å²) in [4.78, 5) is 34.2. The number of amides is 2. The largest absolute Gasteiger partial charge is 0.321 e. The summed E-state index contributed by atoms with van der Waals surface area (Å²) in [5.41, 5.74) is 5.35. The number of hydrogen-bond acceptors (Lipinski definition) is 5. The van der Waals surface area contributed by atoms with Crippen molar-refractivity contribution in [2.45, 2.75) is 6.92 Å². The monoisotopic (exact) mass is 442 g/mol. The van der Waals surface area contributed by atoms with Crippen molar-refractivity contribution in [1.29, 1.82) is 0 Å². The molecule has 0 heterocycles. The molecule has 28 heavy (non-hydrogen) atoms. The van der Waals surface area contributed by atoms with Crippen molar-refractivity contribution in [3.63, 3.8) is 0 Å². The average Bonchev–Trinajstić information content (AvgIpc) is 2.63. The molecule has 0 aliphatic heterocycles. The second-order valence-corrected chi connectivity index (χ2v) is 6.61. The molecule has 146 valence electrons. The van der Waals surface area contributed by atoms with Crippen molar-refractivity contribution in [2.75, 3.05) is 5.32 Å². The van der Waals surface area contributed by atoms with E-state index in [9.17, 15) is 19.7 Å². The normalized spacial score (nSPS) is 10.9. The zero-order valence-electron chi connectivity index (χ0n) is 14.3. The molecule has 3 N–H and O–H groups in total. The van der Waals surface area contributed by atoms with Crippen LogP contribution in [0.2, 0.25) is 15.1 Å². The number of rotatable bonds is 6. The van der Waals surface area contributed by atoms with Crippen LogP contribution in [-0.2, 0) is 4.79 Å². The number of nitrogens with zero attached hydrogens (tertiary/aromatic N) is 1. The van der Waals surface area contributed by atoms with E-state index in [1.807, 2.05) is 0 Å². The van der Waals surface area contributed by atoms with E-state index in [1.54, 1.807) is 25.1 Å². The molecule has 0 fully saturated rings. The van der Waals surface area contributed by atoms with Gasteiger partial charge in [-0.05, 0) is 31.2 Å². The van der Waals surface area contributed by atoms with Crippen LogP contribution < -0.4 is 16.2 Å². The maximum atomic E-state index is 12.1. The van der Waals surface area contributed by atoms with Gasteiger partial charge in [0.1, 0.15) is 5.02 Å². The van der Waals surface area contributed by atoms with Gasteiger partial charge >= 0.3 is 0 Å². The van der Waals surface area contributed by atoms with E-state index in [2.05, 4.69) is 16.2 Å². The SMILES string of the molecule is CC(=CC(=O)Nc1cccc(Cl)c1Cl)NNC(=O)c1ccc([N+](=O)[O-])c(Cl)c1. The summed E-state index contributed by atoms with van der Waals surface area (Å²) < 4.78 is 0. The molecular weight excluding hydrogens is 431 g/mol. The molecule has 0 spiro atoms. The first-order valence-corrected chi connectivity index (χ1v) is 8.76. The van der Waals surface area contributed by atoms with Gasteiger partial charge in [0.25, 0.3) is 11.6 Å². The Kier molecular flexibility index (Phi) is 7.22. The lowest BCUT2D eigenvalue weighted by atomic mass is 10.2. The van der Waals surface area contributed by atoms with Crippen LogP contribution in [0.4, 0.5) is 11.4 Å². The van der Waals surface area contributed by atoms with Crippen LogP contribution in [0.1, 0.15) is 17.3 Å². The highest BCUT2D eigenvalue weighted by atomic mass is 35.5. The number of nitro benzene ring substituents is 1. The molecule has 0 aliphatic rings. The van der Waals surface area contributed by atoms with E-state index in [0.717, 1.165) is 6.07 Å². The van der Waals surface area contributed by atoms with Gasteiger partial charge in [0.05, 0.1) is 20.7 Å². The lowest BCUT2D eigenvalue weighted by molar-refractivity contribution is -0.384. The topological polar surface area (TPSA) is 113 Å². The third-order valence-electron chi connectivity index (χ3n) is 3.34. The maximum Gasteiger partial charge on any atom is 0.287 e. The predicted octanol–water partition coefficient (Wildman–Crippen LogP) is 4.33.